The normalized spacial score (nSPS) is 20.6. The Morgan fingerprint density at radius 3 is 2.26 bits per heavy atom. The minimum atomic E-state index is -1.16. The van der Waals surface area contributed by atoms with Crippen molar-refractivity contribution in [3.05, 3.63) is 23.0 Å². The van der Waals surface area contributed by atoms with Gasteiger partial charge in [-0.1, -0.05) is 11.6 Å². The fraction of sp³-hybridized carbons (Fsp3) is 0.500. The molecule has 2 rings (SSSR count). The molecule has 102 valence electrons. The lowest BCUT2D eigenvalue weighted by Crippen LogP contribution is -2.41. The summed E-state index contributed by atoms with van der Waals surface area (Å²) in [7, 11) is -0.599. The molecule has 0 saturated carbocycles. The highest BCUT2D eigenvalue weighted by Gasteiger charge is 2.51. The predicted molar refractivity (Wildman–Crippen MR) is 71.9 cm³/mol. The summed E-state index contributed by atoms with van der Waals surface area (Å²) in [5.74, 6) is -1.16. The van der Waals surface area contributed by atoms with Gasteiger partial charge in [-0.05, 0) is 33.8 Å². The molecule has 0 amide bonds. The van der Waals surface area contributed by atoms with Crippen LogP contribution in [0.4, 0.5) is 0 Å². The molecule has 0 bridgehead atoms. The number of carboxylic acid groups (broad SMARTS) is 1. The second kappa shape index (κ2) is 4.47. The van der Waals surface area contributed by atoms with Crippen molar-refractivity contribution >= 4 is 30.2 Å². The maximum atomic E-state index is 10.9. The average Bonchev–Trinajstić information content (AvgIpc) is 2.47. The van der Waals surface area contributed by atoms with E-state index in [1.165, 1.54) is 12.3 Å². The van der Waals surface area contributed by atoms with Crippen molar-refractivity contribution in [1.29, 1.82) is 0 Å². The Balaban J connectivity index is 2.31. The third-order valence-electron chi connectivity index (χ3n) is 3.59. The Morgan fingerprint density at radius 2 is 1.84 bits per heavy atom. The Hall–Kier alpha value is -1.11. The number of carbonyl (C=O) groups is 1. The first-order chi connectivity index (χ1) is 8.64. The van der Waals surface area contributed by atoms with Gasteiger partial charge in [0.2, 0.25) is 0 Å². The minimum absolute atomic E-state index is 0.0692. The van der Waals surface area contributed by atoms with E-state index in [-0.39, 0.29) is 10.7 Å². The molecule has 1 fully saturated rings. The van der Waals surface area contributed by atoms with E-state index >= 15 is 0 Å². The summed E-state index contributed by atoms with van der Waals surface area (Å²) in [6.45, 7) is 7.75. The van der Waals surface area contributed by atoms with Gasteiger partial charge < -0.3 is 14.4 Å². The lowest BCUT2D eigenvalue weighted by Gasteiger charge is -2.32. The number of hydrogen-bond acceptors (Lipinski definition) is 4. The van der Waals surface area contributed by atoms with Gasteiger partial charge in [-0.3, -0.25) is 0 Å². The van der Waals surface area contributed by atoms with Gasteiger partial charge in [-0.25, -0.2) is 9.78 Å². The Labute approximate surface area is 117 Å². The maximum absolute atomic E-state index is 10.9. The molecule has 7 heteroatoms. The van der Waals surface area contributed by atoms with Gasteiger partial charge in [0.1, 0.15) is 0 Å². The van der Waals surface area contributed by atoms with Crippen LogP contribution in [0.3, 0.4) is 0 Å². The zero-order valence-electron chi connectivity index (χ0n) is 11.2. The second-order valence-corrected chi connectivity index (χ2v) is 5.90. The van der Waals surface area contributed by atoms with Crippen LogP contribution in [0.15, 0.2) is 12.3 Å². The van der Waals surface area contributed by atoms with Crippen LogP contribution >= 0.6 is 11.6 Å². The Kier molecular flexibility index (Phi) is 3.37. The van der Waals surface area contributed by atoms with Crippen molar-refractivity contribution in [3.8, 4) is 0 Å². The fourth-order valence-corrected chi connectivity index (χ4v) is 1.97. The smallest absolute Gasteiger partial charge is 0.476 e. The third-order valence-corrected chi connectivity index (χ3v) is 3.88. The number of aromatic carboxylic acids is 1. The molecule has 5 nitrogen and oxygen atoms in total. The molecule has 19 heavy (non-hydrogen) atoms. The molecule has 1 aliphatic heterocycles. The van der Waals surface area contributed by atoms with E-state index < -0.39 is 24.3 Å². The first-order valence-corrected chi connectivity index (χ1v) is 6.26. The summed E-state index contributed by atoms with van der Waals surface area (Å²) in [6.07, 6.45) is 1.41. The van der Waals surface area contributed by atoms with E-state index in [2.05, 4.69) is 4.98 Å². The molecule has 1 saturated heterocycles. The third kappa shape index (κ3) is 2.48. The van der Waals surface area contributed by atoms with Crippen LogP contribution in [0.25, 0.3) is 0 Å². The number of rotatable bonds is 2. The number of pyridine rings is 1. The summed E-state index contributed by atoms with van der Waals surface area (Å²) < 4.78 is 11.7. The molecule has 0 aliphatic carbocycles. The van der Waals surface area contributed by atoms with E-state index in [0.29, 0.717) is 5.46 Å². The summed E-state index contributed by atoms with van der Waals surface area (Å²) >= 11 is 5.89. The van der Waals surface area contributed by atoms with Crippen molar-refractivity contribution in [2.45, 2.75) is 38.9 Å². The van der Waals surface area contributed by atoms with Crippen LogP contribution in [0.1, 0.15) is 38.2 Å². The van der Waals surface area contributed by atoms with Crippen molar-refractivity contribution in [1.82, 2.24) is 4.98 Å². The molecule has 0 radical (unpaired) electrons. The van der Waals surface area contributed by atoms with Gasteiger partial charge in [0, 0.05) is 11.7 Å². The summed E-state index contributed by atoms with van der Waals surface area (Å²) in [5.41, 5.74) is -0.499. The highest BCUT2D eigenvalue weighted by molar-refractivity contribution is 6.62. The van der Waals surface area contributed by atoms with Crippen LogP contribution in [-0.4, -0.2) is 34.4 Å². The Morgan fingerprint density at radius 1 is 1.32 bits per heavy atom. The fourth-order valence-electron chi connectivity index (χ4n) is 1.72. The standard InChI is InChI=1S/C12H15BClNO4/c1-11(2)12(3,4)19-13(18-11)7-5-8(14)9(10(16)17)15-6-7/h5-6H,1-4H3,(H,16,17). The second-order valence-electron chi connectivity index (χ2n) is 5.49. The lowest BCUT2D eigenvalue weighted by atomic mass is 9.80. The van der Waals surface area contributed by atoms with Crippen LogP contribution in [-0.2, 0) is 9.31 Å². The molecule has 1 N–H and O–H groups in total. The minimum Gasteiger partial charge on any atom is -0.476 e. The monoisotopic (exact) mass is 283 g/mol. The first kappa shape index (κ1) is 14.3. The van der Waals surface area contributed by atoms with E-state index in [1.54, 1.807) is 0 Å². The molecule has 1 aliphatic rings. The van der Waals surface area contributed by atoms with E-state index in [0.717, 1.165) is 0 Å². The average molecular weight is 284 g/mol. The van der Waals surface area contributed by atoms with Crippen LogP contribution < -0.4 is 5.46 Å². The summed E-state index contributed by atoms with van der Waals surface area (Å²) in [6, 6.07) is 1.51. The number of halogens is 1. The van der Waals surface area contributed by atoms with Crippen molar-refractivity contribution in [2.75, 3.05) is 0 Å². The number of aromatic nitrogens is 1. The Bertz CT molecular complexity index is 516. The molecule has 0 aromatic carbocycles. The van der Waals surface area contributed by atoms with Crippen LogP contribution in [0, 0.1) is 0 Å². The molecule has 0 spiro atoms. The summed E-state index contributed by atoms with van der Waals surface area (Å²) in [5, 5.41) is 8.95. The van der Waals surface area contributed by atoms with Gasteiger partial charge in [0.05, 0.1) is 16.2 Å². The quantitative estimate of drug-likeness (QED) is 0.837. The number of hydrogen-bond donors (Lipinski definition) is 1. The number of nitrogens with zero attached hydrogens (tertiary/aromatic N) is 1. The molecule has 0 atom stereocenters. The molecule has 1 aromatic rings. The van der Waals surface area contributed by atoms with Crippen molar-refractivity contribution < 1.29 is 19.2 Å². The molecular weight excluding hydrogens is 268 g/mol. The van der Waals surface area contributed by atoms with Gasteiger partial charge in [-0.15, -0.1) is 0 Å². The van der Waals surface area contributed by atoms with Crippen LogP contribution in [0.5, 0.6) is 0 Å². The van der Waals surface area contributed by atoms with Gasteiger partial charge in [-0.2, -0.15) is 0 Å². The van der Waals surface area contributed by atoms with Gasteiger partial charge in [0.15, 0.2) is 5.69 Å². The van der Waals surface area contributed by atoms with E-state index in [9.17, 15) is 4.79 Å². The topological polar surface area (TPSA) is 68.7 Å². The zero-order chi connectivity index (χ0) is 14.4. The predicted octanol–water partition coefficient (Wildman–Crippen LogP) is 1.73. The lowest BCUT2D eigenvalue weighted by molar-refractivity contribution is 0.00578. The van der Waals surface area contributed by atoms with Crippen molar-refractivity contribution in [2.24, 2.45) is 0 Å². The molecule has 2 heterocycles. The number of carboxylic acids is 1. The molecule has 0 unspecified atom stereocenters. The van der Waals surface area contributed by atoms with Gasteiger partial charge >= 0.3 is 13.1 Å². The highest BCUT2D eigenvalue weighted by atomic mass is 35.5. The maximum Gasteiger partial charge on any atom is 0.496 e. The van der Waals surface area contributed by atoms with E-state index in [4.69, 9.17) is 26.0 Å². The SMILES string of the molecule is CC1(C)OB(c2cnc(C(=O)O)c(Cl)c2)OC1(C)C. The largest absolute Gasteiger partial charge is 0.496 e. The molecule has 1 aromatic heterocycles. The van der Waals surface area contributed by atoms with E-state index in [1.807, 2.05) is 27.7 Å². The highest BCUT2D eigenvalue weighted by Crippen LogP contribution is 2.36. The zero-order valence-corrected chi connectivity index (χ0v) is 12.0. The molecular formula is C12H15BClNO4. The summed E-state index contributed by atoms with van der Waals surface area (Å²) in [4.78, 5) is 14.7. The van der Waals surface area contributed by atoms with Crippen LogP contribution in [0.2, 0.25) is 5.02 Å². The first-order valence-electron chi connectivity index (χ1n) is 5.88. The van der Waals surface area contributed by atoms with Crippen molar-refractivity contribution in [3.63, 3.8) is 0 Å². The van der Waals surface area contributed by atoms with Gasteiger partial charge in [0.25, 0.3) is 0 Å².